The first-order valence-corrected chi connectivity index (χ1v) is 7.17. The molecule has 2 atom stereocenters. The average molecular weight is 279 g/mol. The van der Waals surface area contributed by atoms with Gasteiger partial charge >= 0.3 is 5.97 Å². The van der Waals surface area contributed by atoms with Gasteiger partial charge in [-0.1, -0.05) is 12.8 Å². The number of rotatable bonds is 5. The maximum atomic E-state index is 12.6. The lowest BCUT2D eigenvalue weighted by molar-refractivity contribution is -0.152. The molecule has 110 valence electrons. The Morgan fingerprint density at radius 3 is 2.60 bits per heavy atom. The van der Waals surface area contributed by atoms with Gasteiger partial charge in [0.1, 0.15) is 5.76 Å². The summed E-state index contributed by atoms with van der Waals surface area (Å²) in [6.07, 6.45) is 4.67. The third-order valence-corrected chi connectivity index (χ3v) is 4.02. The summed E-state index contributed by atoms with van der Waals surface area (Å²) < 4.78 is 5.27. The van der Waals surface area contributed by atoms with Gasteiger partial charge in [0, 0.05) is 6.54 Å². The minimum Gasteiger partial charge on any atom is -0.481 e. The van der Waals surface area contributed by atoms with Gasteiger partial charge in [0.25, 0.3) is 0 Å². The van der Waals surface area contributed by atoms with E-state index in [4.69, 9.17) is 4.42 Å². The van der Waals surface area contributed by atoms with Crippen LogP contribution in [0.1, 0.15) is 38.4 Å². The Kier molecular flexibility index (Phi) is 4.82. The van der Waals surface area contributed by atoms with Crippen LogP contribution in [0, 0.1) is 11.8 Å². The van der Waals surface area contributed by atoms with Crippen molar-refractivity contribution in [2.45, 2.75) is 39.2 Å². The smallest absolute Gasteiger partial charge is 0.307 e. The molecule has 1 fully saturated rings. The van der Waals surface area contributed by atoms with Crippen LogP contribution in [0.25, 0.3) is 0 Å². The second-order valence-electron chi connectivity index (χ2n) is 5.27. The summed E-state index contributed by atoms with van der Waals surface area (Å²) in [6.45, 7) is 2.87. The van der Waals surface area contributed by atoms with Gasteiger partial charge < -0.3 is 14.4 Å². The molecule has 1 saturated carbocycles. The van der Waals surface area contributed by atoms with Crippen LogP contribution in [0.2, 0.25) is 0 Å². The minimum atomic E-state index is -0.850. The van der Waals surface area contributed by atoms with Crippen LogP contribution in [-0.2, 0) is 16.1 Å². The second kappa shape index (κ2) is 6.59. The molecule has 1 amide bonds. The van der Waals surface area contributed by atoms with Crippen LogP contribution in [0.4, 0.5) is 0 Å². The third-order valence-electron chi connectivity index (χ3n) is 4.02. The number of carboxylic acids is 1. The van der Waals surface area contributed by atoms with E-state index < -0.39 is 17.8 Å². The van der Waals surface area contributed by atoms with Crippen molar-refractivity contribution in [2.24, 2.45) is 11.8 Å². The maximum absolute atomic E-state index is 12.6. The fourth-order valence-corrected chi connectivity index (χ4v) is 2.89. The molecule has 1 aliphatic carbocycles. The Hall–Kier alpha value is -1.78. The normalized spacial score (nSPS) is 22.4. The summed E-state index contributed by atoms with van der Waals surface area (Å²) in [4.78, 5) is 25.6. The van der Waals surface area contributed by atoms with Crippen molar-refractivity contribution in [3.63, 3.8) is 0 Å². The predicted molar refractivity (Wildman–Crippen MR) is 72.9 cm³/mol. The molecule has 1 aliphatic rings. The van der Waals surface area contributed by atoms with E-state index >= 15 is 0 Å². The molecule has 1 N–H and O–H groups in total. The van der Waals surface area contributed by atoms with Gasteiger partial charge in [-0.05, 0) is 31.9 Å². The molecule has 0 saturated heterocycles. The predicted octanol–water partition coefficient (Wildman–Crippen LogP) is 2.52. The first-order valence-electron chi connectivity index (χ1n) is 7.17. The summed E-state index contributed by atoms with van der Waals surface area (Å²) in [6, 6.07) is 3.61. The summed E-state index contributed by atoms with van der Waals surface area (Å²) >= 11 is 0. The summed E-state index contributed by atoms with van der Waals surface area (Å²) in [5, 5.41) is 9.28. The number of hydrogen-bond donors (Lipinski definition) is 1. The minimum absolute atomic E-state index is 0.0593. The van der Waals surface area contributed by atoms with Crippen LogP contribution >= 0.6 is 0 Å². The van der Waals surface area contributed by atoms with Gasteiger partial charge in [-0.2, -0.15) is 0 Å². The topological polar surface area (TPSA) is 70.8 Å². The van der Waals surface area contributed by atoms with Gasteiger partial charge in [0.2, 0.25) is 5.91 Å². The molecular weight excluding hydrogens is 258 g/mol. The van der Waals surface area contributed by atoms with Crippen LogP contribution in [-0.4, -0.2) is 28.4 Å². The van der Waals surface area contributed by atoms with Gasteiger partial charge in [0.15, 0.2) is 0 Å². The first kappa shape index (κ1) is 14.6. The molecule has 0 aliphatic heterocycles. The van der Waals surface area contributed by atoms with E-state index in [0.717, 1.165) is 18.6 Å². The Bertz CT molecular complexity index is 454. The largest absolute Gasteiger partial charge is 0.481 e. The first-order chi connectivity index (χ1) is 9.63. The lowest BCUT2D eigenvalue weighted by Gasteiger charge is -2.32. The van der Waals surface area contributed by atoms with Crippen LogP contribution in [0.15, 0.2) is 22.8 Å². The van der Waals surface area contributed by atoms with Gasteiger partial charge in [-0.25, -0.2) is 0 Å². The highest BCUT2D eigenvalue weighted by atomic mass is 16.4. The maximum Gasteiger partial charge on any atom is 0.307 e. The van der Waals surface area contributed by atoms with E-state index in [1.165, 1.54) is 0 Å². The fourth-order valence-electron chi connectivity index (χ4n) is 2.89. The van der Waals surface area contributed by atoms with E-state index in [1.807, 2.05) is 13.0 Å². The van der Waals surface area contributed by atoms with Crippen molar-refractivity contribution in [3.05, 3.63) is 24.2 Å². The number of furan rings is 1. The molecule has 5 nitrogen and oxygen atoms in total. The molecular formula is C15H21NO4. The van der Waals surface area contributed by atoms with Crippen molar-refractivity contribution >= 4 is 11.9 Å². The lowest BCUT2D eigenvalue weighted by atomic mass is 9.78. The van der Waals surface area contributed by atoms with Crippen molar-refractivity contribution in [3.8, 4) is 0 Å². The van der Waals surface area contributed by atoms with Crippen molar-refractivity contribution in [1.82, 2.24) is 4.90 Å². The number of nitrogens with zero attached hydrogens (tertiary/aromatic N) is 1. The van der Waals surface area contributed by atoms with Gasteiger partial charge in [-0.3, -0.25) is 9.59 Å². The van der Waals surface area contributed by atoms with E-state index in [2.05, 4.69) is 0 Å². The number of hydrogen-bond acceptors (Lipinski definition) is 3. The number of carboxylic acid groups (broad SMARTS) is 1. The molecule has 1 aromatic rings. The summed E-state index contributed by atoms with van der Waals surface area (Å²) in [5.74, 6) is -1.12. The highest BCUT2D eigenvalue weighted by molar-refractivity contribution is 5.84. The number of carbonyl (C=O) groups is 2. The molecule has 5 heteroatoms. The number of amides is 1. The summed E-state index contributed by atoms with van der Waals surface area (Å²) in [5.41, 5.74) is 0. The van der Waals surface area contributed by atoms with E-state index in [9.17, 15) is 14.7 Å². The van der Waals surface area contributed by atoms with Crippen LogP contribution < -0.4 is 0 Å². The standard InChI is InChI=1S/C15H21NO4/c1-2-16(10-11-6-5-9-20-11)14(17)12-7-3-4-8-13(12)15(18)19/h5-6,9,12-13H,2-4,7-8,10H2,1H3,(H,18,19)/t12-,13+/m1/s1. The molecule has 2 rings (SSSR count). The number of aliphatic carboxylic acids is 1. The summed E-state index contributed by atoms with van der Waals surface area (Å²) in [7, 11) is 0. The molecule has 0 radical (unpaired) electrons. The van der Waals surface area contributed by atoms with Crippen LogP contribution in [0.5, 0.6) is 0 Å². The molecule has 1 aromatic heterocycles. The average Bonchev–Trinajstić information content (AvgIpc) is 2.97. The van der Waals surface area contributed by atoms with Gasteiger partial charge in [0.05, 0.1) is 24.6 Å². The molecule has 20 heavy (non-hydrogen) atoms. The van der Waals surface area contributed by atoms with Crippen molar-refractivity contribution in [1.29, 1.82) is 0 Å². The van der Waals surface area contributed by atoms with Crippen LogP contribution in [0.3, 0.4) is 0 Å². The zero-order valence-electron chi connectivity index (χ0n) is 11.7. The second-order valence-corrected chi connectivity index (χ2v) is 5.27. The Morgan fingerprint density at radius 1 is 1.35 bits per heavy atom. The molecule has 0 spiro atoms. The molecule has 1 heterocycles. The van der Waals surface area contributed by atoms with E-state index in [1.54, 1.807) is 17.2 Å². The number of carbonyl (C=O) groups excluding carboxylic acids is 1. The molecule has 0 bridgehead atoms. The molecule has 0 aromatic carbocycles. The Labute approximate surface area is 118 Å². The fraction of sp³-hybridized carbons (Fsp3) is 0.600. The highest BCUT2D eigenvalue weighted by Gasteiger charge is 2.37. The van der Waals surface area contributed by atoms with E-state index in [0.29, 0.717) is 25.9 Å². The van der Waals surface area contributed by atoms with Crippen molar-refractivity contribution in [2.75, 3.05) is 6.54 Å². The Morgan fingerprint density at radius 2 is 2.05 bits per heavy atom. The molecule has 0 unspecified atom stereocenters. The van der Waals surface area contributed by atoms with Gasteiger partial charge in [-0.15, -0.1) is 0 Å². The SMILES string of the molecule is CCN(Cc1ccco1)C(=O)[C@@H]1CCCC[C@@H]1C(=O)O. The third kappa shape index (κ3) is 3.21. The lowest BCUT2D eigenvalue weighted by Crippen LogP contribution is -2.42. The zero-order chi connectivity index (χ0) is 14.5. The van der Waals surface area contributed by atoms with Crippen molar-refractivity contribution < 1.29 is 19.1 Å². The zero-order valence-corrected chi connectivity index (χ0v) is 11.7. The van der Waals surface area contributed by atoms with E-state index in [-0.39, 0.29) is 5.91 Å². The highest BCUT2D eigenvalue weighted by Crippen LogP contribution is 2.32. The monoisotopic (exact) mass is 279 g/mol. The Balaban J connectivity index is 2.08. The quantitative estimate of drug-likeness (QED) is 0.899.